The standard InChI is InChI=1S/C13H23NO4S/c1-8(2)12(13(16)17)19-7-11(15)14-5-9(3)18-10(4)6-14/h8-10,12H,5-7H2,1-4H3,(H,16,17). The largest absolute Gasteiger partial charge is 0.480 e. The van der Waals surface area contributed by atoms with Gasteiger partial charge in [0, 0.05) is 13.1 Å². The van der Waals surface area contributed by atoms with Gasteiger partial charge in [-0.2, -0.15) is 0 Å². The van der Waals surface area contributed by atoms with Crippen LogP contribution >= 0.6 is 11.8 Å². The zero-order chi connectivity index (χ0) is 14.6. The van der Waals surface area contributed by atoms with Gasteiger partial charge in [0.05, 0.1) is 18.0 Å². The molecule has 0 spiro atoms. The van der Waals surface area contributed by atoms with Gasteiger partial charge in [0.25, 0.3) is 0 Å². The molecule has 110 valence electrons. The lowest BCUT2D eigenvalue weighted by Gasteiger charge is -2.35. The van der Waals surface area contributed by atoms with Gasteiger partial charge in [-0.05, 0) is 19.8 Å². The van der Waals surface area contributed by atoms with Gasteiger partial charge in [-0.15, -0.1) is 11.8 Å². The van der Waals surface area contributed by atoms with Crippen molar-refractivity contribution in [3.8, 4) is 0 Å². The first-order chi connectivity index (χ1) is 8.81. The maximum Gasteiger partial charge on any atom is 0.316 e. The monoisotopic (exact) mass is 289 g/mol. The third-order valence-corrected chi connectivity index (χ3v) is 4.53. The van der Waals surface area contributed by atoms with Crippen LogP contribution in [-0.2, 0) is 14.3 Å². The van der Waals surface area contributed by atoms with E-state index in [2.05, 4.69) is 0 Å². The van der Waals surface area contributed by atoms with Crippen LogP contribution in [0.5, 0.6) is 0 Å². The van der Waals surface area contributed by atoms with Gasteiger partial charge in [0.1, 0.15) is 5.25 Å². The Hall–Kier alpha value is -0.750. The molecule has 0 saturated carbocycles. The highest BCUT2D eigenvalue weighted by Crippen LogP contribution is 2.21. The summed E-state index contributed by atoms with van der Waals surface area (Å²) in [5, 5.41) is 8.56. The molecule has 1 aliphatic rings. The van der Waals surface area contributed by atoms with Crippen molar-refractivity contribution < 1.29 is 19.4 Å². The van der Waals surface area contributed by atoms with E-state index in [-0.39, 0.29) is 29.8 Å². The van der Waals surface area contributed by atoms with E-state index in [1.807, 2.05) is 27.7 Å². The fourth-order valence-corrected chi connectivity index (χ4v) is 3.21. The first-order valence-electron chi connectivity index (χ1n) is 6.59. The summed E-state index contributed by atoms with van der Waals surface area (Å²) in [4.78, 5) is 24.9. The summed E-state index contributed by atoms with van der Waals surface area (Å²) in [7, 11) is 0. The number of carboxylic acid groups (broad SMARTS) is 1. The molecule has 19 heavy (non-hydrogen) atoms. The van der Waals surface area contributed by atoms with Crippen molar-refractivity contribution in [2.45, 2.75) is 45.2 Å². The first-order valence-corrected chi connectivity index (χ1v) is 7.63. The Morgan fingerprint density at radius 1 is 1.32 bits per heavy atom. The van der Waals surface area contributed by atoms with E-state index >= 15 is 0 Å². The Kier molecular flexibility index (Phi) is 6.13. The molecule has 1 amide bonds. The fourth-order valence-electron chi connectivity index (χ4n) is 2.18. The number of amides is 1. The van der Waals surface area contributed by atoms with Gasteiger partial charge >= 0.3 is 5.97 Å². The van der Waals surface area contributed by atoms with Crippen molar-refractivity contribution in [1.29, 1.82) is 0 Å². The van der Waals surface area contributed by atoms with E-state index in [1.165, 1.54) is 11.8 Å². The normalized spacial score (nSPS) is 25.4. The van der Waals surface area contributed by atoms with E-state index in [0.29, 0.717) is 13.1 Å². The SMILES string of the molecule is CC1CN(C(=O)CSC(C(=O)O)C(C)C)CC(C)O1. The summed E-state index contributed by atoms with van der Waals surface area (Å²) >= 11 is 1.21. The number of rotatable bonds is 5. The molecule has 0 aromatic rings. The van der Waals surface area contributed by atoms with Gasteiger partial charge in [0.15, 0.2) is 0 Å². The molecule has 1 aliphatic heterocycles. The minimum atomic E-state index is -0.850. The van der Waals surface area contributed by atoms with E-state index in [0.717, 1.165) is 0 Å². The quantitative estimate of drug-likeness (QED) is 0.830. The topological polar surface area (TPSA) is 66.8 Å². The lowest BCUT2D eigenvalue weighted by Crippen LogP contribution is -2.49. The number of carbonyl (C=O) groups is 2. The molecule has 1 saturated heterocycles. The zero-order valence-electron chi connectivity index (χ0n) is 12.0. The van der Waals surface area contributed by atoms with Crippen LogP contribution in [0.3, 0.4) is 0 Å². The van der Waals surface area contributed by atoms with Crippen molar-refractivity contribution in [3.63, 3.8) is 0 Å². The predicted molar refractivity (Wildman–Crippen MR) is 75.3 cm³/mol. The van der Waals surface area contributed by atoms with Crippen LogP contribution < -0.4 is 0 Å². The van der Waals surface area contributed by atoms with Crippen LogP contribution in [0.1, 0.15) is 27.7 Å². The molecule has 0 aromatic carbocycles. The van der Waals surface area contributed by atoms with E-state index in [4.69, 9.17) is 9.84 Å². The van der Waals surface area contributed by atoms with Crippen LogP contribution in [0, 0.1) is 5.92 Å². The number of carboxylic acids is 1. The Morgan fingerprint density at radius 3 is 2.26 bits per heavy atom. The van der Waals surface area contributed by atoms with Crippen LogP contribution in [0.25, 0.3) is 0 Å². The van der Waals surface area contributed by atoms with E-state index < -0.39 is 11.2 Å². The summed E-state index contributed by atoms with van der Waals surface area (Å²) in [5.74, 6) is -0.623. The second kappa shape index (κ2) is 7.14. The lowest BCUT2D eigenvalue weighted by molar-refractivity contribution is -0.140. The average Bonchev–Trinajstić information content (AvgIpc) is 2.26. The smallest absolute Gasteiger partial charge is 0.316 e. The van der Waals surface area contributed by atoms with Gasteiger partial charge in [0.2, 0.25) is 5.91 Å². The van der Waals surface area contributed by atoms with Crippen LogP contribution in [0.4, 0.5) is 0 Å². The number of ether oxygens (including phenoxy) is 1. The van der Waals surface area contributed by atoms with E-state index in [9.17, 15) is 9.59 Å². The molecule has 0 aliphatic carbocycles. The highest BCUT2D eigenvalue weighted by molar-refractivity contribution is 8.01. The van der Waals surface area contributed by atoms with Crippen LogP contribution in [-0.4, -0.2) is 58.2 Å². The van der Waals surface area contributed by atoms with Gasteiger partial charge in [-0.25, -0.2) is 0 Å². The minimum Gasteiger partial charge on any atom is -0.480 e. The molecule has 1 N–H and O–H groups in total. The molecule has 1 fully saturated rings. The second-order valence-electron chi connectivity index (χ2n) is 5.37. The summed E-state index contributed by atoms with van der Waals surface area (Å²) in [6.07, 6.45) is 0.0798. The number of nitrogens with zero attached hydrogens (tertiary/aromatic N) is 1. The fraction of sp³-hybridized carbons (Fsp3) is 0.846. The van der Waals surface area contributed by atoms with Crippen molar-refractivity contribution in [2.75, 3.05) is 18.8 Å². The number of morpholine rings is 1. The van der Waals surface area contributed by atoms with Gasteiger partial charge in [-0.3, -0.25) is 9.59 Å². The number of aliphatic carboxylic acids is 1. The summed E-state index contributed by atoms with van der Waals surface area (Å²) in [6, 6.07) is 0. The molecule has 0 bridgehead atoms. The van der Waals surface area contributed by atoms with Gasteiger partial charge < -0.3 is 14.7 Å². The van der Waals surface area contributed by atoms with Crippen molar-refractivity contribution >= 4 is 23.6 Å². The van der Waals surface area contributed by atoms with Crippen molar-refractivity contribution in [1.82, 2.24) is 4.90 Å². The number of hydrogen-bond acceptors (Lipinski definition) is 4. The Morgan fingerprint density at radius 2 is 1.84 bits per heavy atom. The summed E-state index contributed by atoms with van der Waals surface area (Å²) < 4.78 is 5.57. The lowest BCUT2D eigenvalue weighted by atomic mass is 10.1. The van der Waals surface area contributed by atoms with Crippen molar-refractivity contribution in [2.24, 2.45) is 5.92 Å². The van der Waals surface area contributed by atoms with E-state index in [1.54, 1.807) is 4.90 Å². The zero-order valence-corrected chi connectivity index (χ0v) is 12.8. The maximum atomic E-state index is 12.1. The summed E-state index contributed by atoms with van der Waals surface area (Å²) in [6.45, 7) is 8.77. The number of carbonyl (C=O) groups excluding carboxylic acids is 1. The Bertz CT molecular complexity index is 325. The summed E-state index contributed by atoms with van der Waals surface area (Å²) in [5.41, 5.74) is 0. The second-order valence-corrected chi connectivity index (χ2v) is 6.50. The molecule has 6 heteroatoms. The Balaban J connectivity index is 2.48. The predicted octanol–water partition coefficient (Wildman–Crippen LogP) is 1.46. The molecule has 1 rings (SSSR count). The molecule has 1 heterocycles. The Labute approximate surface area is 118 Å². The maximum absolute atomic E-state index is 12.1. The molecule has 0 aromatic heterocycles. The number of hydrogen-bond donors (Lipinski definition) is 1. The highest BCUT2D eigenvalue weighted by Gasteiger charge is 2.28. The molecule has 5 nitrogen and oxygen atoms in total. The van der Waals surface area contributed by atoms with Crippen LogP contribution in [0.2, 0.25) is 0 Å². The third kappa shape index (κ3) is 5.03. The van der Waals surface area contributed by atoms with Gasteiger partial charge in [-0.1, -0.05) is 13.8 Å². The molecular weight excluding hydrogens is 266 g/mol. The molecular formula is C13H23NO4S. The van der Waals surface area contributed by atoms with Crippen molar-refractivity contribution in [3.05, 3.63) is 0 Å². The third-order valence-electron chi connectivity index (χ3n) is 3.01. The number of thioether (sulfide) groups is 1. The first kappa shape index (κ1) is 16.3. The minimum absolute atomic E-state index is 0.00102. The average molecular weight is 289 g/mol. The molecule has 3 unspecified atom stereocenters. The van der Waals surface area contributed by atoms with Crippen LogP contribution in [0.15, 0.2) is 0 Å². The molecule has 0 radical (unpaired) electrons. The molecule has 3 atom stereocenters. The highest BCUT2D eigenvalue weighted by atomic mass is 32.2.